The number of carbonyl (C=O) groups excluding carboxylic acids is 2. The Bertz CT molecular complexity index is 987. The fourth-order valence-electron chi connectivity index (χ4n) is 3.85. The minimum Gasteiger partial charge on any atom is -0.468 e. The number of carbonyl (C=O) groups is 2. The van der Waals surface area contributed by atoms with E-state index in [1.807, 2.05) is 30.3 Å². The Labute approximate surface area is 187 Å². The van der Waals surface area contributed by atoms with Gasteiger partial charge in [-0.3, -0.25) is 19.5 Å². The van der Waals surface area contributed by atoms with E-state index in [4.69, 9.17) is 4.42 Å². The molecule has 1 aliphatic heterocycles. The first kappa shape index (κ1) is 21.6. The van der Waals surface area contributed by atoms with Crippen molar-refractivity contribution in [1.29, 1.82) is 0 Å². The zero-order valence-electron chi connectivity index (χ0n) is 17.8. The molecular formula is C24H27N5O3. The van der Waals surface area contributed by atoms with Crippen LogP contribution in [0.25, 0.3) is 0 Å². The number of pyridine rings is 1. The van der Waals surface area contributed by atoms with Crippen LogP contribution >= 0.6 is 0 Å². The summed E-state index contributed by atoms with van der Waals surface area (Å²) >= 11 is 0. The molecule has 0 radical (unpaired) electrons. The third-order valence-electron chi connectivity index (χ3n) is 5.61. The van der Waals surface area contributed by atoms with Crippen LogP contribution < -0.4 is 15.5 Å². The third kappa shape index (κ3) is 5.53. The molecule has 2 aromatic heterocycles. The summed E-state index contributed by atoms with van der Waals surface area (Å²) in [5, 5.41) is 5.41. The molecule has 1 fully saturated rings. The lowest BCUT2D eigenvalue weighted by molar-refractivity contribution is -0.139. The molecule has 2 N–H and O–H groups in total. The average Bonchev–Trinajstić information content (AvgIpc) is 3.39. The number of amides is 2. The van der Waals surface area contributed by atoms with Gasteiger partial charge in [-0.2, -0.15) is 0 Å². The van der Waals surface area contributed by atoms with Gasteiger partial charge in [0.15, 0.2) is 0 Å². The first-order chi connectivity index (χ1) is 15.7. The lowest BCUT2D eigenvalue weighted by atomic mass is 10.1. The van der Waals surface area contributed by atoms with Crippen LogP contribution in [0.3, 0.4) is 0 Å². The quantitative estimate of drug-likeness (QED) is 0.554. The summed E-state index contributed by atoms with van der Waals surface area (Å²) in [4.78, 5) is 33.1. The van der Waals surface area contributed by atoms with Crippen LogP contribution in [-0.2, 0) is 16.1 Å². The van der Waals surface area contributed by atoms with E-state index in [9.17, 15) is 9.59 Å². The molecule has 32 heavy (non-hydrogen) atoms. The average molecular weight is 434 g/mol. The van der Waals surface area contributed by atoms with Gasteiger partial charge in [0.2, 0.25) is 0 Å². The van der Waals surface area contributed by atoms with Crippen LogP contribution in [0.1, 0.15) is 17.4 Å². The van der Waals surface area contributed by atoms with E-state index in [1.165, 1.54) is 5.69 Å². The molecule has 8 heteroatoms. The Balaban J connectivity index is 1.32. The second-order valence-corrected chi connectivity index (χ2v) is 7.64. The van der Waals surface area contributed by atoms with Crippen molar-refractivity contribution in [3.05, 3.63) is 84.6 Å². The molecule has 1 atom stereocenters. The van der Waals surface area contributed by atoms with Crippen molar-refractivity contribution in [2.75, 3.05) is 37.6 Å². The van der Waals surface area contributed by atoms with Crippen molar-refractivity contribution in [1.82, 2.24) is 20.5 Å². The molecule has 4 rings (SSSR count). The number of hydrogen-bond acceptors (Lipinski definition) is 6. The van der Waals surface area contributed by atoms with Gasteiger partial charge in [-0.25, -0.2) is 0 Å². The summed E-state index contributed by atoms with van der Waals surface area (Å²) in [5.74, 6) is -0.539. The highest BCUT2D eigenvalue weighted by Crippen LogP contribution is 2.24. The van der Waals surface area contributed by atoms with Crippen LogP contribution in [0.5, 0.6) is 0 Å². The first-order valence-electron chi connectivity index (χ1n) is 10.7. The maximum absolute atomic E-state index is 12.4. The molecule has 0 unspecified atom stereocenters. The lowest BCUT2D eigenvalue weighted by Gasteiger charge is -2.39. The van der Waals surface area contributed by atoms with Crippen LogP contribution in [0.15, 0.2) is 77.7 Å². The van der Waals surface area contributed by atoms with Gasteiger partial charge in [0, 0.05) is 57.3 Å². The first-order valence-corrected chi connectivity index (χ1v) is 10.7. The largest absolute Gasteiger partial charge is 0.468 e. The minimum absolute atomic E-state index is 0.139. The number of piperazine rings is 1. The summed E-state index contributed by atoms with van der Waals surface area (Å²) in [5.41, 5.74) is 2.09. The molecule has 1 saturated heterocycles. The second-order valence-electron chi connectivity index (χ2n) is 7.64. The monoisotopic (exact) mass is 433 g/mol. The number of hydrogen-bond donors (Lipinski definition) is 2. The van der Waals surface area contributed by atoms with Gasteiger partial charge >= 0.3 is 11.8 Å². The number of anilines is 1. The normalized spacial score (nSPS) is 15.2. The van der Waals surface area contributed by atoms with E-state index in [0.717, 1.165) is 37.5 Å². The van der Waals surface area contributed by atoms with Gasteiger partial charge in [0.1, 0.15) is 5.76 Å². The highest BCUT2D eigenvalue weighted by atomic mass is 16.3. The van der Waals surface area contributed by atoms with Crippen LogP contribution in [0, 0.1) is 0 Å². The topological polar surface area (TPSA) is 90.7 Å². The summed E-state index contributed by atoms with van der Waals surface area (Å²) < 4.78 is 5.65. The van der Waals surface area contributed by atoms with E-state index in [1.54, 1.807) is 30.8 Å². The van der Waals surface area contributed by atoms with Crippen molar-refractivity contribution >= 4 is 17.5 Å². The summed E-state index contributed by atoms with van der Waals surface area (Å²) in [6.07, 6.45) is 4.92. The van der Waals surface area contributed by atoms with Crippen molar-refractivity contribution in [3.8, 4) is 0 Å². The standard InChI is InChI=1S/C24H27N5O3/c30-23(26-17-19-8-10-25-11-9-19)24(31)27-18-21(22-7-4-16-32-22)29-14-12-28(13-15-29)20-5-2-1-3-6-20/h1-11,16,21H,12-15,17-18H2,(H,26,30)(H,27,31)/t21-/m1/s1. The molecule has 1 aliphatic rings. The van der Waals surface area contributed by atoms with Gasteiger partial charge in [-0.15, -0.1) is 0 Å². The highest BCUT2D eigenvalue weighted by Gasteiger charge is 2.28. The molecule has 0 saturated carbocycles. The summed E-state index contributed by atoms with van der Waals surface area (Å²) in [7, 11) is 0. The number of rotatable bonds is 7. The predicted octanol–water partition coefficient (Wildman–Crippen LogP) is 1.97. The third-order valence-corrected chi connectivity index (χ3v) is 5.61. The number of nitrogens with zero attached hydrogens (tertiary/aromatic N) is 3. The number of furan rings is 1. The van der Waals surface area contributed by atoms with Crippen molar-refractivity contribution in [3.63, 3.8) is 0 Å². The number of nitrogens with one attached hydrogen (secondary N) is 2. The maximum Gasteiger partial charge on any atom is 0.309 e. The van der Waals surface area contributed by atoms with E-state index in [2.05, 4.69) is 37.6 Å². The Hall–Kier alpha value is -3.65. The van der Waals surface area contributed by atoms with Crippen LogP contribution in [0.2, 0.25) is 0 Å². The van der Waals surface area contributed by atoms with Gasteiger partial charge in [0.05, 0.1) is 12.3 Å². The van der Waals surface area contributed by atoms with Gasteiger partial charge in [0.25, 0.3) is 0 Å². The van der Waals surface area contributed by atoms with Crippen LogP contribution in [0.4, 0.5) is 5.69 Å². The fourth-order valence-corrected chi connectivity index (χ4v) is 3.85. The molecular weight excluding hydrogens is 406 g/mol. The van der Waals surface area contributed by atoms with E-state index >= 15 is 0 Å². The zero-order chi connectivity index (χ0) is 22.2. The van der Waals surface area contributed by atoms with Crippen LogP contribution in [-0.4, -0.2) is 54.4 Å². The smallest absolute Gasteiger partial charge is 0.309 e. The Morgan fingerprint density at radius 2 is 1.62 bits per heavy atom. The highest BCUT2D eigenvalue weighted by molar-refractivity contribution is 6.35. The summed E-state index contributed by atoms with van der Waals surface area (Å²) in [6.45, 7) is 3.97. The van der Waals surface area contributed by atoms with E-state index in [-0.39, 0.29) is 12.6 Å². The lowest BCUT2D eigenvalue weighted by Crippen LogP contribution is -2.50. The number of benzene rings is 1. The number of para-hydroxylation sites is 1. The fraction of sp³-hybridized carbons (Fsp3) is 0.292. The molecule has 166 valence electrons. The minimum atomic E-state index is -0.658. The van der Waals surface area contributed by atoms with E-state index in [0.29, 0.717) is 6.54 Å². The molecule has 8 nitrogen and oxygen atoms in total. The molecule has 3 heterocycles. The maximum atomic E-state index is 12.4. The number of aromatic nitrogens is 1. The summed E-state index contributed by atoms with van der Waals surface area (Å²) in [6, 6.07) is 17.5. The van der Waals surface area contributed by atoms with Gasteiger partial charge in [-0.1, -0.05) is 18.2 Å². The molecule has 1 aromatic carbocycles. The predicted molar refractivity (Wildman–Crippen MR) is 121 cm³/mol. The van der Waals surface area contributed by atoms with Crippen molar-refractivity contribution in [2.24, 2.45) is 0 Å². The molecule has 0 aliphatic carbocycles. The molecule has 2 amide bonds. The SMILES string of the molecule is O=C(NCc1ccncc1)C(=O)NC[C@H](c1ccco1)N1CCN(c2ccccc2)CC1. The molecule has 0 spiro atoms. The zero-order valence-corrected chi connectivity index (χ0v) is 17.8. The Morgan fingerprint density at radius 3 is 2.31 bits per heavy atom. The Morgan fingerprint density at radius 1 is 0.906 bits per heavy atom. The van der Waals surface area contributed by atoms with Crippen molar-refractivity contribution in [2.45, 2.75) is 12.6 Å². The van der Waals surface area contributed by atoms with E-state index < -0.39 is 11.8 Å². The Kier molecular flexibility index (Phi) is 7.14. The van der Waals surface area contributed by atoms with Crippen molar-refractivity contribution < 1.29 is 14.0 Å². The molecule has 3 aromatic rings. The van der Waals surface area contributed by atoms with Gasteiger partial charge < -0.3 is 20.0 Å². The second kappa shape index (κ2) is 10.6. The molecule has 0 bridgehead atoms. The van der Waals surface area contributed by atoms with Gasteiger partial charge in [-0.05, 0) is 42.0 Å².